The molecule has 0 aromatic carbocycles. The van der Waals surface area contributed by atoms with E-state index in [-0.39, 0.29) is 0 Å². The summed E-state index contributed by atoms with van der Waals surface area (Å²) in [6.45, 7) is 7.51. The van der Waals surface area contributed by atoms with E-state index in [1.54, 1.807) is 11.8 Å². The van der Waals surface area contributed by atoms with Gasteiger partial charge in [0.25, 0.3) is 0 Å². The van der Waals surface area contributed by atoms with Gasteiger partial charge in [-0.05, 0) is 0 Å². The summed E-state index contributed by atoms with van der Waals surface area (Å²) >= 11 is 1.76. The molecule has 10 heavy (non-hydrogen) atoms. The topological polar surface area (TPSA) is 12.4 Å². The predicted molar refractivity (Wildman–Crippen MR) is 51.6 cm³/mol. The molecule has 3 heteroatoms. The maximum atomic E-state index is 4.37. The first kappa shape index (κ1) is 7.67. The van der Waals surface area contributed by atoms with Crippen LogP contribution in [-0.4, -0.2) is 24.7 Å². The van der Waals surface area contributed by atoms with E-state index in [1.807, 2.05) is 13.9 Å². The van der Waals surface area contributed by atoms with Gasteiger partial charge in [-0.1, -0.05) is 11.5 Å². The molecule has 0 bridgehead atoms. The number of hydrogen-bond acceptors (Lipinski definition) is 2. The number of rotatable bonds is 2. The molecule has 0 N–H and O–H groups in total. The summed E-state index contributed by atoms with van der Waals surface area (Å²) in [6.07, 6.45) is 1.88. The number of thioether (sulfide) groups is 1. The van der Waals surface area contributed by atoms with Crippen molar-refractivity contribution in [1.82, 2.24) is 0 Å². The summed E-state index contributed by atoms with van der Waals surface area (Å²) in [7, 11) is 1.98. The third kappa shape index (κ3) is 1.54. The molecule has 0 saturated heterocycles. The molecular weight excluding hydrogens is 141 g/mol. The zero-order valence-electron chi connectivity index (χ0n) is 6.13. The Bertz CT molecular complexity index is 198. The van der Waals surface area contributed by atoms with Gasteiger partial charge in [-0.15, -0.1) is 24.9 Å². The molecule has 0 aromatic heterocycles. The van der Waals surface area contributed by atoms with Crippen LogP contribution in [0, 0.1) is 0 Å². The van der Waals surface area contributed by atoms with Gasteiger partial charge in [-0.2, -0.15) is 0 Å². The first-order valence-corrected chi connectivity index (χ1v) is 4.21. The molecule has 0 fully saturated rings. The number of nitrogens with zero attached hydrogens (tertiary/aromatic N) is 1. The van der Waals surface area contributed by atoms with Crippen LogP contribution in [0.25, 0.3) is 0 Å². The van der Waals surface area contributed by atoms with Crippen LogP contribution in [0.2, 0.25) is 0 Å². The van der Waals surface area contributed by atoms with Gasteiger partial charge in [-0.3, -0.25) is 4.99 Å². The normalized spacial score (nSPS) is 24.0. The Hall–Kier alpha value is -0.435. The summed E-state index contributed by atoms with van der Waals surface area (Å²) in [5.41, 5.74) is 1.06. The molecule has 1 nitrogen and oxygen atoms in total. The van der Waals surface area contributed by atoms with E-state index < -0.39 is 0 Å². The van der Waals surface area contributed by atoms with Gasteiger partial charge in [0.2, 0.25) is 0 Å². The SMILES string of the molecule is BC(=C)C1=NC(C=C)CS1. The Labute approximate surface area is 66.7 Å². The molecule has 52 valence electrons. The van der Waals surface area contributed by atoms with E-state index in [1.165, 1.54) is 0 Å². The van der Waals surface area contributed by atoms with Gasteiger partial charge in [-0.25, -0.2) is 0 Å². The molecular formula is C7H10BNS. The van der Waals surface area contributed by atoms with Gasteiger partial charge in [0.1, 0.15) is 7.85 Å². The molecule has 1 rings (SSSR count). The highest BCUT2D eigenvalue weighted by molar-refractivity contribution is 8.14. The molecule has 1 atom stereocenters. The van der Waals surface area contributed by atoms with Gasteiger partial charge >= 0.3 is 0 Å². The Morgan fingerprint density at radius 2 is 2.60 bits per heavy atom. The van der Waals surface area contributed by atoms with Crippen molar-refractivity contribution < 1.29 is 0 Å². The number of aliphatic imine (C=N–C) groups is 1. The Kier molecular flexibility index (Phi) is 2.38. The lowest BCUT2D eigenvalue weighted by molar-refractivity contribution is 0.964. The minimum Gasteiger partial charge on any atom is -0.271 e. The fourth-order valence-corrected chi connectivity index (χ4v) is 1.74. The van der Waals surface area contributed by atoms with Crippen molar-refractivity contribution >= 4 is 24.7 Å². The first-order valence-electron chi connectivity index (χ1n) is 3.23. The molecule has 0 spiro atoms. The lowest BCUT2D eigenvalue weighted by atomic mass is 9.99. The van der Waals surface area contributed by atoms with E-state index in [9.17, 15) is 0 Å². The van der Waals surface area contributed by atoms with Crippen LogP contribution in [-0.2, 0) is 0 Å². The number of hydrogen-bond donors (Lipinski definition) is 0. The maximum absolute atomic E-state index is 4.37. The monoisotopic (exact) mass is 151 g/mol. The average molecular weight is 151 g/mol. The smallest absolute Gasteiger partial charge is 0.142 e. The van der Waals surface area contributed by atoms with E-state index in [0.717, 1.165) is 16.3 Å². The molecule has 1 unspecified atom stereocenters. The summed E-state index contributed by atoms with van der Waals surface area (Å²) in [5.74, 6) is 1.03. The third-order valence-corrected chi connectivity index (χ3v) is 2.55. The molecule has 1 aliphatic heterocycles. The second-order valence-corrected chi connectivity index (χ2v) is 3.34. The first-order chi connectivity index (χ1) is 4.74. The van der Waals surface area contributed by atoms with Crippen molar-refractivity contribution in [2.24, 2.45) is 4.99 Å². The molecule has 1 heterocycles. The third-order valence-electron chi connectivity index (χ3n) is 1.31. The Balaban J connectivity index is 2.65. The molecule has 0 radical (unpaired) electrons. The van der Waals surface area contributed by atoms with Crippen molar-refractivity contribution in [3.05, 3.63) is 24.7 Å². The van der Waals surface area contributed by atoms with Crippen LogP contribution in [0.5, 0.6) is 0 Å². The summed E-state index contributed by atoms with van der Waals surface area (Å²) in [6, 6.07) is 0.316. The zero-order chi connectivity index (χ0) is 7.56. The molecule has 1 aliphatic rings. The highest BCUT2D eigenvalue weighted by Crippen LogP contribution is 2.21. The molecule has 0 aromatic rings. The van der Waals surface area contributed by atoms with E-state index in [4.69, 9.17) is 0 Å². The van der Waals surface area contributed by atoms with Crippen molar-refractivity contribution in [2.45, 2.75) is 6.04 Å². The maximum Gasteiger partial charge on any atom is 0.142 e. The lowest BCUT2D eigenvalue weighted by Gasteiger charge is -1.92. The lowest BCUT2D eigenvalue weighted by Crippen LogP contribution is -1.95. The highest BCUT2D eigenvalue weighted by atomic mass is 32.2. The minimum absolute atomic E-state index is 0.316. The van der Waals surface area contributed by atoms with E-state index in [0.29, 0.717) is 6.04 Å². The van der Waals surface area contributed by atoms with Gasteiger partial charge in [0, 0.05) is 5.75 Å². The Morgan fingerprint density at radius 1 is 1.90 bits per heavy atom. The van der Waals surface area contributed by atoms with Crippen LogP contribution >= 0.6 is 11.8 Å². The fraction of sp³-hybridized carbons (Fsp3) is 0.286. The average Bonchev–Trinajstić information content (AvgIpc) is 2.34. The van der Waals surface area contributed by atoms with Crippen molar-refractivity contribution in [3.63, 3.8) is 0 Å². The summed E-state index contributed by atoms with van der Waals surface area (Å²) in [4.78, 5) is 4.37. The largest absolute Gasteiger partial charge is 0.271 e. The van der Waals surface area contributed by atoms with E-state index in [2.05, 4.69) is 18.2 Å². The summed E-state index contributed by atoms with van der Waals surface area (Å²) < 4.78 is 0. The molecule has 0 saturated carbocycles. The zero-order valence-corrected chi connectivity index (χ0v) is 6.95. The van der Waals surface area contributed by atoms with Crippen LogP contribution in [0.1, 0.15) is 0 Å². The van der Waals surface area contributed by atoms with Gasteiger partial charge in [0.05, 0.1) is 11.1 Å². The minimum atomic E-state index is 0.316. The van der Waals surface area contributed by atoms with Crippen molar-refractivity contribution in [2.75, 3.05) is 5.75 Å². The quantitative estimate of drug-likeness (QED) is 0.420. The van der Waals surface area contributed by atoms with Gasteiger partial charge < -0.3 is 0 Å². The van der Waals surface area contributed by atoms with Gasteiger partial charge in [0.15, 0.2) is 0 Å². The van der Waals surface area contributed by atoms with Crippen LogP contribution in [0.3, 0.4) is 0 Å². The second-order valence-electron chi connectivity index (χ2n) is 2.33. The highest BCUT2D eigenvalue weighted by Gasteiger charge is 2.14. The van der Waals surface area contributed by atoms with Crippen molar-refractivity contribution in [1.29, 1.82) is 0 Å². The van der Waals surface area contributed by atoms with E-state index >= 15 is 0 Å². The predicted octanol–water partition coefficient (Wildman–Crippen LogP) is 0.833. The molecule has 0 amide bonds. The summed E-state index contributed by atoms with van der Waals surface area (Å²) in [5, 5.41) is 1.09. The van der Waals surface area contributed by atoms with Crippen molar-refractivity contribution in [3.8, 4) is 0 Å². The molecule has 0 aliphatic carbocycles. The van der Waals surface area contributed by atoms with Crippen LogP contribution in [0.4, 0.5) is 0 Å². The fourth-order valence-electron chi connectivity index (χ4n) is 0.744. The van der Waals surface area contributed by atoms with Crippen LogP contribution < -0.4 is 0 Å². The second kappa shape index (κ2) is 3.10. The van der Waals surface area contributed by atoms with Crippen LogP contribution in [0.15, 0.2) is 29.7 Å². The standard InChI is InChI=1S/C7H10BNS/c1-3-6-4-10-7(9-6)5(2)8/h3,6H,1-2,4,8H2. The Morgan fingerprint density at radius 3 is 2.90 bits per heavy atom.